The minimum absolute atomic E-state index is 0.00698. The lowest BCUT2D eigenvalue weighted by Crippen LogP contribution is -2.23. The van der Waals surface area contributed by atoms with E-state index in [1.165, 1.54) is 10.6 Å². The standard InChI is InChI=1S/C25H23NOS/c1-3-26-21-16-10-11-17-22(21)28-25(26)23-20(19-13-7-5-8-14-19)15-9-4-6-12-18(2)24(23)27/h4-14,16-17,20H,2-3,15H2,1H3/b9-4-,12-6-,25-23-. The van der Waals surface area contributed by atoms with Gasteiger partial charge in [0, 0.05) is 28.5 Å². The third-order valence-corrected chi connectivity index (χ3v) is 6.36. The summed E-state index contributed by atoms with van der Waals surface area (Å²) in [5.74, 6) is 0.0232. The van der Waals surface area contributed by atoms with Crippen molar-refractivity contribution in [3.05, 3.63) is 107 Å². The number of carbonyl (C=O) groups excluding carboxylic acids is 1. The Hall–Kier alpha value is -2.78. The van der Waals surface area contributed by atoms with Gasteiger partial charge >= 0.3 is 0 Å². The third kappa shape index (κ3) is 3.38. The molecule has 4 rings (SSSR count). The number of thioether (sulfide) groups is 1. The lowest BCUT2D eigenvalue weighted by Gasteiger charge is -2.26. The molecule has 1 aliphatic heterocycles. The molecule has 1 unspecified atom stereocenters. The zero-order valence-corrected chi connectivity index (χ0v) is 16.8. The summed E-state index contributed by atoms with van der Waals surface area (Å²) in [6.07, 6.45) is 8.65. The van der Waals surface area contributed by atoms with Crippen molar-refractivity contribution in [3.63, 3.8) is 0 Å². The first-order valence-corrected chi connectivity index (χ1v) is 10.4. The van der Waals surface area contributed by atoms with Crippen LogP contribution in [0.25, 0.3) is 0 Å². The summed E-state index contributed by atoms with van der Waals surface area (Å²) < 4.78 is 0. The molecule has 3 heteroatoms. The maximum Gasteiger partial charge on any atom is 0.191 e. The van der Waals surface area contributed by atoms with Gasteiger partial charge in [-0.05, 0) is 31.0 Å². The topological polar surface area (TPSA) is 20.3 Å². The first-order valence-electron chi connectivity index (χ1n) is 9.61. The molecule has 2 aromatic carbocycles. The average Bonchev–Trinajstić information content (AvgIpc) is 3.12. The van der Waals surface area contributed by atoms with Crippen molar-refractivity contribution in [1.82, 2.24) is 0 Å². The highest BCUT2D eigenvalue weighted by Gasteiger charge is 2.34. The van der Waals surface area contributed by atoms with Crippen molar-refractivity contribution in [2.75, 3.05) is 11.4 Å². The second-order valence-corrected chi connectivity index (χ2v) is 7.90. The van der Waals surface area contributed by atoms with Crippen LogP contribution in [0.1, 0.15) is 24.8 Å². The van der Waals surface area contributed by atoms with E-state index in [9.17, 15) is 4.79 Å². The maximum absolute atomic E-state index is 13.6. The Morgan fingerprint density at radius 3 is 2.61 bits per heavy atom. The van der Waals surface area contributed by atoms with Crippen molar-refractivity contribution in [1.29, 1.82) is 0 Å². The van der Waals surface area contributed by atoms with Gasteiger partial charge in [0.25, 0.3) is 0 Å². The van der Waals surface area contributed by atoms with Gasteiger partial charge in [-0.25, -0.2) is 0 Å². The average molecular weight is 386 g/mol. The van der Waals surface area contributed by atoms with Crippen LogP contribution in [-0.2, 0) is 4.79 Å². The smallest absolute Gasteiger partial charge is 0.191 e. The molecule has 0 saturated carbocycles. The van der Waals surface area contributed by atoms with Crippen LogP contribution in [0, 0.1) is 0 Å². The molecular formula is C25H23NOS. The number of anilines is 1. The summed E-state index contributed by atoms with van der Waals surface area (Å²) in [7, 11) is 0. The molecule has 0 fully saturated rings. The minimum Gasteiger partial charge on any atom is -0.335 e. The molecule has 140 valence electrons. The molecule has 2 aliphatic rings. The summed E-state index contributed by atoms with van der Waals surface area (Å²) in [6, 6.07) is 18.7. The molecule has 1 atom stereocenters. The Morgan fingerprint density at radius 2 is 1.82 bits per heavy atom. The highest BCUT2D eigenvalue weighted by Crippen LogP contribution is 2.50. The van der Waals surface area contributed by atoms with Crippen molar-refractivity contribution < 1.29 is 4.79 Å². The van der Waals surface area contributed by atoms with Gasteiger partial charge in [-0.2, -0.15) is 0 Å². The summed E-state index contributed by atoms with van der Waals surface area (Å²) >= 11 is 1.70. The van der Waals surface area contributed by atoms with Crippen molar-refractivity contribution in [3.8, 4) is 0 Å². The molecule has 1 heterocycles. The second kappa shape index (κ2) is 8.07. The minimum atomic E-state index is -0.00698. The Labute approximate surface area is 171 Å². The van der Waals surface area contributed by atoms with E-state index in [1.807, 2.05) is 36.4 Å². The highest BCUT2D eigenvalue weighted by atomic mass is 32.2. The zero-order chi connectivity index (χ0) is 19.5. The Morgan fingerprint density at radius 1 is 1.07 bits per heavy atom. The molecule has 0 amide bonds. The molecular weight excluding hydrogens is 362 g/mol. The lowest BCUT2D eigenvalue weighted by molar-refractivity contribution is -0.112. The molecule has 0 aromatic heterocycles. The van der Waals surface area contributed by atoms with E-state index < -0.39 is 0 Å². The van der Waals surface area contributed by atoms with Gasteiger partial charge in [-0.3, -0.25) is 4.79 Å². The number of nitrogens with zero attached hydrogens (tertiary/aromatic N) is 1. The second-order valence-electron chi connectivity index (χ2n) is 6.87. The van der Waals surface area contributed by atoms with E-state index in [0.717, 1.165) is 29.1 Å². The molecule has 2 nitrogen and oxygen atoms in total. The van der Waals surface area contributed by atoms with Crippen molar-refractivity contribution in [2.24, 2.45) is 0 Å². The molecule has 0 bridgehead atoms. The molecule has 28 heavy (non-hydrogen) atoms. The van der Waals surface area contributed by atoms with Crippen LogP contribution in [0.2, 0.25) is 0 Å². The number of fused-ring (bicyclic) bond motifs is 1. The summed E-state index contributed by atoms with van der Waals surface area (Å²) in [6.45, 7) is 7.01. The van der Waals surface area contributed by atoms with Gasteiger partial charge < -0.3 is 4.90 Å². The molecule has 0 radical (unpaired) electrons. The van der Waals surface area contributed by atoms with Crippen molar-refractivity contribution >= 4 is 23.2 Å². The van der Waals surface area contributed by atoms with Gasteiger partial charge in [0.1, 0.15) is 0 Å². The molecule has 1 aliphatic carbocycles. The molecule has 0 spiro atoms. The predicted molar refractivity (Wildman–Crippen MR) is 119 cm³/mol. The fourth-order valence-corrected chi connectivity index (χ4v) is 5.09. The largest absolute Gasteiger partial charge is 0.335 e. The molecule has 0 N–H and O–H groups in total. The first-order chi connectivity index (χ1) is 13.7. The van der Waals surface area contributed by atoms with E-state index in [0.29, 0.717) is 5.57 Å². The Kier molecular flexibility index (Phi) is 5.36. The zero-order valence-electron chi connectivity index (χ0n) is 16.0. The van der Waals surface area contributed by atoms with Gasteiger partial charge in [0.05, 0.1) is 10.7 Å². The number of hydrogen-bond donors (Lipinski definition) is 0. The van der Waals surface area contributed by atoms with Crippen LogP contribution in [0.4, 0.5) is 5.69 Å². The number of carbonyl (C=O) groups is 1. The van der Waals surface area contributed by atoms with Gasteiger partial charge in [0.15, 0.2) is 5.78 Å². The number of rotatable bonds is 2. The Balaban J connectivity index is 1.93. The quantitative estimate of drug-likeness (QED) is 0.570. The summed E-state index contributed by atoms with van der Waals surface area (Å²) in [5, 5.41) is 1.03. The van der Waals surface area contributed by atoms with E-state index in [2.05, 4.69) is 60.9 Å². The van der Waals surface area contributed by atoms with Gasteiger partial charge in [-0.1, -0.05) is 85.1 Å². The monoisotopic (exact) mass is 385 g/mol. The van der Waals surface area contributed by atoms with Crippen LogP contribution in [-0.4, -0.2) is 12.3 Å². The van der Waals surface area contributed by atoms with E-state index in [1.54, 1.807) is 11.8 Å². The summed E-state index contributed by atoms with van der Waals surface area (Å²) in [4.78, 5) is 17.0. The first kappa shape index (κ1) is 18.6. The third-order valence-electron chi connectivity index (χ3n) is 5.16. The van der Waals surface area contributed by atoms with Crippen LogP contribution >= 0.6 is 11.8 Å². The molecule has 2 aromatic rings. The Bertz CT molecular complexity index is 1000. The number of Topliss-reactive ketones (excluding diaryl/α,β-unsaturated/α-hetero) is 1. The normalized spacial score (nSPS) is 24.3. The van der Waals surface area contributed by atoms with E-state index in [4.69, 9.17) is 0 Å². The number of benzene rings is 2. The highest BCUT2D eigenvalue weighted by molar-refractivity contribution is 8.03. The number of para-hydroxylation sites is 1. The summed E-state index contributed by atoms with van der Waals surface area (Å²) in [5.41, 5.74) is 3.71. The lowest BCUT2D eigenvalue weighted by atomic mass is 9.84. The SMILES string of the molecule is C=C1/C=C\C=C/CC(c2ccccc2)/C(=C2/Sc3ccccc3N2CC)C1=O. The van der Waals surface area contributed by atoms with E-state index in [-0.39, 0.29) is 11.7 Å². The number of allylic oxidation sites excluding steroid dienone is 6. The number of ketones is 1. The van der Waals surface area contributed by atoms with Crippen LogP contribution in [0.3, 0.4) is 0 Å². The fraction of sp³-hybridized carbons (Fsp3) is 0.160. The fourth-order valence-electron chi connectivity index (χ4n) is 3.77. The van der Waals surface area contributed by atoms with E-state index >= 15 is 0 Å². The maximum atomic E-state index is 13.6. The van der Waals surface area contributed by atoms with Crippen LogP contribution in [0.15, 0.2) is 107 Å². The van der Waals surface area contributed by atoms with Gasteiger partial charge in [0.2, 0.25) is 0 Å². The van der Waals surface area contributed by atoms with Crippen molar-refractivity contribution in [2.45, 2.75) is 24.2 Å². The predicted octanol–water partition coefficient (Wildman–Crippen LogP) is 6.26. The van der Waals surface area contributed by atoms with Crippen LogP contribution in [0.5, 0.6) is 0 Å². The molecule has 0 saturated heterocycles. The van der Waals surface area contributed by atoms with Gasteiger partial charge in [-0.15, -0.1) is 0 Å². The number of hydrogen-bond acceptors (Lipinski definition) is 3. The van der Waals surface area contributed by atoms with Crippen LogP contribution < -0.4 is 4.90 Å².